The van der Waals surface area contributed by atoms with E-state index in [-0.39, 0.29) is 4.90 Å². The highest BCUT2D eigenvalue weighted by molar-refractivity contribution is 7.89. The first-order valence-electron chi connectivity index (χ1n) is 7.49. The summed E-state index contributed by atoms with van der Waals surface area (Å²) >= 11 is 0. The van der Waals surface area contributed by atoms with Crippen molar-refractivity contribution in [2.24, 2.45) is 5.14 Å². The van der Waals surface area contributed by atoms with E-state index >= 15 is 0 Å². The van der Waals surface area contributed by atoms with E-state index in [4.69, 9.17) is 5.14 Å². The molecule has 0 saturated carbocycles. The van der Waals surface area contributed by atoms with Gasteiger partial charge in [-0.2, -0.15) is 0 Å². The monoisotopic (exact) mass is 311 g/mol. The first kappa shape index (κ1) is 16.4. The van der Waals surface area contributed by atoms with E-state index < -0.39 is 10.0 Å². The lowest BCUT2D eigenvalue weighted by molar-refractivity contribution is 0.344. The van der Waals surface area contributed by atoms with E-state index in [2.05, 4.69) is 17.3 Å². The first-order chi connectivity index (χ1) is 9.95. The number of likely N-dealkylation sites (tertiary alicyclic amines) is 1. The third-order valence-corrected chi connectivity index (χ3v) is 4.98. The van der Waals surface area contributed by atoms with Crippen LogP contribution in [0.2, 0.25) is 0 Å². The van der Waals surface area contributed by atoms with Crippen LogP contribution in [0.1, 0.15) is 24.8 Å². The fourth-order valence-electron chi connectivity index (χ4n) is 2.71. The third-order valence-electron chi connectivity index (χ3n) is 4.05. The van der Waals surface area contributed by atoms with E-state index in [9.17, 15) is 8.42 Å². The minimum atomic E-state index is -3.59. The van der Waals surface area contributed by atoms with Crippen molar-refractivity contribution in [3.8, 4) is 0 Å². The van der Waals surface area contributed by atoms with Crippen molar-refractivity contribution >= 4 is 10.0 Å². The molecule has 0 radical (unpaired) electrons. The lowest BCUT2D eigenvalue weighted by atomic mass is 10.1. The Labute approximate surface area is 127 Å². The SMILES string of the molecule is CN1CCCC(NCCc2ccc(S(N)(=O)=O)cc2)CC1. The molecule has 1 unspecified atom stereocenters. The number of nitrogens with one attached hydrogen (secondary N) is 1. The van der Waals surface area contributed by atoms with Crippen LogP contribution in [0, 0.1) is 0 Å². The van der Waals surface area contributed by atoms with Gasteiger partial charge in [-0.05, 0) is 70.1 Å². The summed E-state index contributed by atoms with van der Waals surface area (Å²) in [5.74, 6) is 0. The second kappa shape index (κ2) is 7.35. The van der Waals surface area contributed by atoms with E-state index in [1.807, 2.05) is 12.1 Å². The van der Waals surface area contributed by atoms with Gasteiger partial charge in [-0.3, -0.25) is 0 Å². The van der Waals surface area contributed by atoms with Gasteiger partial charge in [0.1, 0.15) is 0 Å². The highest BCUT2D eigenvalue weighted by Crippen LogP contribution is 2.11. The van der Waals surface area contributed by atoms with E-state index in [0.29, 0.717) is 6.04 Å². The summed E-state index contributed by atoms with van der Waals surface area (Å²) in [7, 11) is -1.41. The van der Waals surface area contributed by atoms with Crippen LogP contribution in [0.5, 0.6) is 0 Å². The number of primary sulfonamides is 1. The predicted octanol–water partition coefficient (Wildman–Crippen LogP) is 0.950. The van der Waals surface area contributed by atoms with Crippen molar-refractivity contribution in [1.82, 2.24) is 10.2 Å². The molecule has 118 valence electrons. The number of rotatable bonds is 5. The summed E-state index contributed by atoms with van der Waals surface area (Å²) in [5.41, 5.74) is 1.13. The molecule has 1 aromatic rings. The van der Waals surface area contributed by atoms with Crippen LogP contribution in [0.4, 0.5) is 0 Å². The van der Waals surface area contributed by atoms with Crippen LogP contribution in [0.25, 0.3) is 0 Å². The summed E-state index contributed by atoms with van der Waals surface area (Å²) in [5, 5.41) is 8.69. The molecule has 2 rings (SSSR count). The van der Waals surface area contributed by atoms with E-state index in [1.54, 1.807) is 12.1 Å². The molecule has 21 heavy (non-hydrogen) atoms. The first-order valence-corrected chi connectivity index (χ1v) is 9.03. The second-order valence-corrected chi connectivity index (χ2v) is 7.39. The lowest BCUT2D eigenvalue weighted by Crippen LogP contribution is -2.31. The van der Waals surface area contributed by atoms with Crippen LogP contribution in [0.3, 0.4) is 0 Å². The number of nitrogens with zero attached hydrogens (tertiary/aromatic N) is 1. The van der Waals surface area contributed by atoms with Gasteiger partial charge in [0.2, 0.25) is 10.0 Å². The van der Waals surface area contributed by atoms with Gasteiger partial charge in [-0.25, -0.2) is 13.6 Å². The number of benzene rings is 1. The van der Waals surface area contributed by atoms with Gasteiger partial charge in [-0.15, -0.1) is 0 Å². The quantitative estimate of drug-likeness (QED) is 0.849. The van der Waals surface area contributed by atoms with Crippen molar-refractivity contribution in [1.29, 1.82) is 0 Å². The van der Waals surface area contributed by atoms with Gasteiger partial charge in [0, 0.05) is 6.04 Å². The zero-order valence-electron chi connectivity index (χ0n) is 12.6. The maximum atomic E-state index is 11.2. The van der Waals surface area contributed by atoms with Crippen LogP contribution in [0.15, 0.2) is 29.2 Å². The van der Waals surface area contributed by atoms with Gasteiger partial charge in [0.05, 0.1) is 4.90 Å². The van der Waals surface area contributed by atoms with Gasteiger partial charge < -0.3 is 10.2 Å². The minimum absolute atomic E-state index is 0.172. The maximum absolute atomic E-state index is 11.2. The third kappa shape index (κ3) is 5.39. The smallest absolute Gasteiger partial charge is 0.238 e. The molecule has 5 nitrogen and oxygen atoms in total. The molecule has 0 aliphatic carbocycles. The summed E-state index contributed by atoms with van der Waals surface area (Å²) in [6.07, 6.45) is 4.57. The molecule has 0 spiro atoms. The molecule has 1 heterocycles. The Morgan fingerprint density at radius 1 is 1.24 bits per heavy atom. The average molecular weight is 311 g/mol. The Morgan fingerprint density at radius 3 is 2.62 bits per heavy atom. The molecule has 1 fully saturated rings. The number of nitrogens with two attached hydrogens (primary N) is 1. The van der Waals surface area contributed by atoms with Crippen LogP contribution >= 0.6 is 0 Å². The van der Waals surface area contributed by atoms with Crippen molar-refractivity contribution < 1.29 is 8.42 Å². The number of sulfonamides is 1. The Bertz CT molecular complexity index is 543. The van der Waals surface area contributed by atoms with Crippen molar-refractivity contribution in [2.45, 2.75) is 36.6 Å². The van der Waals surface area contributed by atoms with Crippen molar-refractivity contribution in [3.05, 3.63) is 29.8 Å². The minimum Gasteiger partial charge on any atom is -0.314 e. The Hall–Kier alpha value is -0.950. The van der Waals surface area contributed by atoms with Gasteiger partial charge in [-0.1, -0.05) is 12.1 Å². The summed E-state index contributed by atoms with van der Waals surface area (Å²) in [6.45, 7) is 3.26. The molecule has 1 saturated heterocycles. The molecule has 0 amide bonds. The van der Waals surface area contributed by atoms with Gasteiger partial charge >= 0.3 is 0 Å². The Morgan fingerprint density at radius 2 is 1.95 bits per heavy atom. The van der Waals surface area contributed by atoms with Gasteiger partial charge in [0.15, 0.2) is 0 Å². The fraction of sp³-hybridized carbons (Fsp3) is 0.600. The zero-order chi connectivity index (χ0) is 15.3. The van der Waals surface area contributed by atoms with E-state index in [0.717, 1.165) is 25.1 Å². The predicted molar refractivity (Wildman–Crippen MR) is 84.7 cm³/mol. The molecule has 1 atom stereocenters. The Kier molecular flexibility index (Phi) is 5.75. The van der Waals surface area contributed by atoms with Crippen molar-refractivity contribution in [2.75, 3.05) is 26.7 Å². The molecule has 3 N–H and O–H groups in total. The van der Waals surface area contributed by atoms with Crippen LogP contribution in [-0.2, 0) is 16.4 Å². The summed E-state index contributed by atoms with van der Waals surface area (Å²) in [6, 6.07) is 7.42. The molecule has 1 aromatic carbocycles. The number of hydrogen-bond acceptors (Lipinski definition) is 4. The largest absolute Gasteiger partial charge is 0.314 e. The average Bonchev–Trinajstić information content (AvgIpc) is 2.63. The molecule has 1 aliphatic rings. The molecular weight excluding hydrogens is 286 g/mol. The molecular formula is C15H25N3O2S. The number of hydrogen-bond donors (Lipinski definition) is 2. The maximum Gasteiger partial charge on any atom is 0.238 e. The molecule has 0 aromatic heterocycles. The standard InChI is InChI=1S/C15H25N3O2S/c1-18-11-2-3-14(9-12-18)17-10-8-13-4-6-15(7-5-13)21(16,19)20/h4-7,14,17H,2-3,8-12H2,1H3,(H2,16,19,20). The molecule has 1 aliphatic heterocycles. The highest BCUT2D eigenvalue weighted by atomic mass is 32.2. The van der Waals surface area contributed by atoms with Crippen molar-refractivity contribution in [3.63, 3.8) is 0 Å². The molecule has 0 bridgehead atoms. The summed E-state index contributed by atoms with van der Waals surface area (Å²) in [4.78, 5) is 2.55. The topological polar surface area (TPSA) is 75.4 Å². The zero-order valence-corrected chi connectivity index (χ0v) is 13.4. The summed E-state index contributed by atoms with van der Waals surface area (Å²) < 4.78 is 22.4. The highest BCUT2D eigenvalue weighted by Gasteiger charge is 2.13. The fourth-order valence-corrected chi connectivity index (χ4v) is 3.23. The van der Waals surface area contributed by atoms with Crippen LogP contribution in [-0.4, -0.2) is 46.0 Å². The molecule has 6 heteroatoms. The normalized spacial score (nSPS) is 21.1. The lowest BCUT2D eigenvalue weighted by Gasteiger charge is -2.16. The Balaban J connectivity index is 1.78. The van der Waals surface area contributed by atoms with Gasteiger partial charge in [0.25, 0.3) is 0 Å². The van der Waals surface area contributed by atoms with E-state index in [1.165, 1.54) is 25.8 Å². The second-order valence-electron chi connectivity index (χ2n) is 5.82. The van der Waals surface area contributed by atoms with Crippen LogP contribution < -0.4 is 10.5 Å².